The molecule has 61 heavy (non-hydrogen) atoms. The van der Waals surface area contributed by atoms with Gasteiger partial charge in [0.15, 0.2) is 11.6 Å². The summed E-state index contributed by atoms with van der Waals surface area (Å²) in [5, 5.41) is 78.2. The number of hydrogen-bond acceptors (Lipinski definition) is 18. The Bertz CT molecular complexity index is 1580. The van der Waals surface area contributed by atoms with E-state index in [1.165, 1.54) is 12.6 Å². The largest absolute Gasteiger partial charge is 0.480 e. The summed E-state index contributed by atoms with van der Waals surface area (Å²) >= 11 is 0. The maximum atomic E-state index is 12.6. The van der Waals surface area contributed by atoms with E-state index in [1.54, 1.807) is 6.92 Å². The first kappa shape index (κ1) is 51.2. The molecular weight excluding hydrogens is 808 g/mol. The average Bonchev–Trinajstić information content (AvgIpc) is 3.77. The number of alkyl carbamates (subject to hydrolysis) is 1. The van der Waals surface area contributed by atoms with Crippen molar-refractivity contribution in [1.82, 2.24) is 41.6 Å². The highest BCUT2D eigenvalue weighted by molar-refractivity contribution is 5.89. The number of fused-ring (bicyclic) bond motifs is 2. The highest BCUT2D eigenvalue weighted by Gasteiger charge is 2.50. The Labute approximate surface area is 353 Å². The summed E-state index contributed by atoms with van der Waals surface area (Å²) in [7, 11) is 1.92. The summed E-state index contributed by atoms with van der Waals surface area (Å²) < 4.78 is 18.2. The summed E-state index contributed by atoms with van der Waals surface area (Å²) in [6.07, 6.45) is -4.44. The number of carboxylic acids is 1. The molecule has 1 heterocycles. The Morgan fingerprint density at radius 1 is 0.836 bits per heavy atom. The number of ketones is 2. The van der Waals surface area contributed by atoms with Gasteiger partial charge in [-0.1, -0.05) is 5.21 Å². The molecule has 0 bridgehead atoms. The van der Waals surface area contributed by atoms with Crippen LogP contribution >= 0.6 is 0 Å². The lowest BCUT2D eigenvalue weighted by atomic mass is 10.0. The molecule has 0 saturated heterocycles. The molecule has 0 spiro atoms. The van der Waals surface area contributed by atoms with Gasteiger partial charge >= 0.3 is 12.1 Å². The van der Waals surface area contributed by atoms with Gasteiger partial charge in [-0.05, 0) is 63.7 Å². The van der Waals surface area contributed by atoms with Gasteiger partial charge in [-0.15, -0.1) is 5.10 Å². The van der Waals surface area contributed by atoms with Crippen molar-refractivity contribution in [3.8, 4) is 0 Å². The molecule has 10 atom stereocenters. The lowest BCUT2D eigenvalue weighted by Gasteiger charge is -2.25. The molecule has 346 valence electrons. The van der Waals surface area contributed by atoms with Gasteiger partial charge in [-0.25, -0.2) is 9.59 Å². The number of amides is 3. The van der Waals surface area contributed by atoms with Crippen LogP contribution in [0.4, 0.5) is 4.79 Å². The van der Waals surface area contributed by atoms with Crippen molar-refractivity contribution >= 4 is 35.4 Å². The van der Waals surface area contributed by atoms with Gasteiger partial charge in [0.05, 0.1) is 82.3 Å². The Hall–Kier alpha value is -4.20. The van der Waals surface area contributed by atoms with Crippen LogP contribution in [0.1, 0.15) is 57.3 Å². The van der Waals surface area contributed by atoms with Crippen LogP contribution in [0.2, 0.25) is 0 Å². The minimum atomic E-state index is -1.89. The van der Waals surface area contributed by atoms with Crippen LogP contribution in [0.5, 0.6) is 0 Å². The van der Waals surface area contributed by atoms with Gasteiger partial charge in [0.1, 0.15) is 24.4 Å². The topological polar surface area (TPSA) is 342 Å². The molecule has 2 aliphatic rings. The first-order chi connectivity index (χ1) is 29.0. The van der Waals surface area contributed by atoms with Gasteiger partial charge in [-0.3, -0.25) is 29.2 Å². The fourth-order valence-corrected chi connectivity index (χ4v) is 6.94. The van der Waals surface area contributed by atoms with Crippen LogP contribution in [-0.2, 0) is 58.1 Å². The molecular formula is C38H64N8O15. The Balaban J connectivity index is 1.16. The number of Topliss-reactive ketones (excluding diaryl/α,β-unsaturated/α-hetero) is 2. The fourth-order valence-electron chi connectivity index (χ4n) is 6.94. The molecule has 3 amide bonds. The third kappa shape index (κ3) is 17.6. The molecule has 0 aromatic carbocycles. The number of hydrogen-bond donors (Lipinski definition) is 11. The monoisotopic (exact) mass is 872 g/mol. The van der Waals surface area contributed by atoms with Crippen molar-refractivity contribution in [1.29, 1.82) is 0 Å². The maximum Gasteiger partial charge on any atom is 0.407 e. The number of carboxylic acid groups (broad SMARTS) is 1. The quantitative estimate of drug-likeness (QED) is 0.0326. The van der Waals surface area contributed by atoms with Crippen molar-refractivity contribution in [2.45, 2.75) is 101 Å². The van der Waals surface area contributed by atoms with Crippen LogP contribution in [-0.4, -0.2) is 189 Å². The summed E-state index contributed by atoms with van der Waals surface area (Å²) in [6, 6.07) is -3.14. The number of aliphatic hydroxyl groups is 5. The predicted molar refractivity (Wildman–Crippen MR) is 212 cm³/mol. The molecule has 2 aliphatic carbocycles. The Morgan fingerprint density at radius 3 is 2.15 bits per heavy atom. The molecule has 1 unspecified atom stereocenters. The van der Waals surface area contributed by atoms with E-state index < -0.39 is 86.0 Å². The predicted octanol–water partition coefficient (Wildman–Crippen LogP) is -4.30. The summed E-state index contributed by atoms with van der Waals surface area (Å²) in [6.45, 7) is 2.69. The maximum absolute atomic E-state index is 12.6. The van der Waals surface area contributed by atoms with Gasteiger partial charge in [0.25, 0.3) is 0 Å². The summed E-state index contributed by atoms with van der Waals surface area (Å²) in [5.74, 6) is -2.01. The van der Waals surface area contributed by atoms with Crippen LogP contribution in [0.25, 0.3) is 0 Å². The van der Waals surface area contributed by atoms with Gasteiger partial charge < -0.3 is 66.1 Å². The van der Waals surface area contributed by atoms with Crippen molar-refractivity contribution < 1.29 is 73.6 Å². The zero-order valence-electron chi connectivity index (χ0n) is 35.0. The number of rotatable bonds is 30. The molecule has 0 radical (unpaired) electrons. The number of ether oxygens (including phenoxy) is 3. The van der Waals surface area contributed by atoms with Crippen molar-refractivity contribution in [3.05, 3.63) is 11.4 Å². The number of carbonyl (C=O) groups is 6. The van der Waals surface area contributed by atoms with Gasteiger partial charge in [-0.2, -0.15) is 0 Å². The second kappa shape index (κ2) is 26.3. The highest BCUT2D eigenvalue weighted by Crippen LogP contribution is 2.52. The number of nitrogens with one attached hydrogen (secondary N) is 5. The first-order valence-corrected chi connectivity index (χ1v) is 20.6. The third-order valence-corrected chi connectivity index (χ3v) is 10.9. The molecule has 1 saturated carbocycles. The zero-order valence-corrected chi connectivity index (χ0v) is 35.0. The molecule has 23 heteroatoms. The number of carbonyl (C=O) groups excluding carboxylic acids is 5. The molecule has 23 nitrogen and oxygen atoms in total. The molecule has 1 aromatic rings. The Kier molecular flexibility index (Phi) is 22.1. The van der Waals surface area contributed by atoms with Crippen LogP contribution in [0.3, 0.4) is 0 Å². The van der Waals surface area contributed by atoms with E-state index in [-0.39, 0.29) is 70.5 Å². The second-order valence-corrected chi connectivity index (χ2v) is 15.4. The number of aryl methyl sites for hydroxylation is 2. The summed E-state index contributed by atoms with van der Waals surface area (Å²) in [5.41, 5.74) is 2.27. The molecule has 3 rings (SSSR count). The van der Waals surface area contributed by atoms with Crippen molar-refractivity contribution in [2.24, 2.45) is 24.8 Å². The van der Waals surface area contributed by atoms with Crippen molar-refractivity contribution in [2.75, 3.05) is 65.8 Å². The average molecular weight is 873 g/mol. The van der Waals surface area contributed by atoms with Crippen LogP contribution in [0, 0.1) is 17.8 Å². The summed E-state index contributed by atoms with van der Waals surface area (Å²) in [4.78, 5) is 73.5. The molecule has 11 N–H and O–H groups in total. The minimum absolute atomic E-state index is 0.0903. The molecule has 1 fully saturated rings. The van der Waals surface area contributed by atoms with E-state index in [0.29, 0.717) is 24.4 Å². The van der Waals surface area contributed by atoms with E-state index >= 15 is 0 Å². The third-order valence-electron chi connectivity index (χ3n) is 10.9. The number of aliphatic carboxylic acids is 1. The van der Waals surface area contributed by atoms with E-state index in [2.05, 4.69) is 36.9 Å². The minimum Gasteiger partial charge on any atom is -0.480 e. The van der Waals surface area contributed by atoms with E-state index in [0.717, 1.165) is 31.4 Å². The SMILES string of the molecule is CC(NCC(=O)CN[C@@H](C)C(=O)N[C@@H](CCC(=O)NC[C@H](O)[C@@H](O)[C@H](O)[C@H](O)CO)C(=O)O)C(=O)CCOCCOCCNC(=O)OC[C@@H]1[C@@H]2CCc3nnn(C)c3CC[C@@H]21. The van der Waals surface area contributed by atoms with Crippen LogP contribution < -0.4 is 26.6 Å². The lowest BCUT2D eigenvalue weighted by Crippen LogP contribution is -2.51. The van der Waals surface area contributed by atoms with Gasteiger partial charge in [0, 0.05) is 33.0 Å². The van der Waals surface area contributed by atoms with Crippen LogP contribution in [0.15, 0.2) is 0 Å². The zero-order chi connectivity index (χ0) is 45.1. The van der Waals surface area contributed by atoms with E-state index in [9.17, 15) is 54.3 Å². The lowest BCUT2D eigenvalue weighted by molar-refractivity contribution is -0.142. The number of nitrogens with zero attached hydrogens (tertiary/aromatic N) is 3. The normalized spacial score (nSPS) is 20.5. The van der Waals surface area contributed by atoms with E-state index in [1.807, 2.05) is 11.7 Å². The molecule has 1 aromatic heterocycles. The fraction of sp³-hybridized carbons (Fsp3) is 0.789. The van der Waals surface area contributed by atoms with Crippen molar-refractivity contribution in [3.63, 3.8) is 0 Å². The molecule has 0 aliphatic heterocycles. The standard InChI is InChI=1S/C38H64N8O15/c1-21(30(49)10-12-59-14-15-60-13-11-39-38(58)61-20-26-24-4-6-27-29(8-5-25(24)26)46(3)45-44-27)40-16-23(48)17-41-22(2)36(55)43-28(37(56)57)7-9-33(52)42-18-31(50)34(53)35(54)32(51)19-47/h21-22,24-26,28,31-32,34-35,40-41,47,50-51,53-54H,4-20H2,1-3H3,(H,39,58)(H,42,52)(H,43,55)(H,56,57)/t21?,22-,24+,25-,26+,28-,31-,32+,34+,35+/m0/s1. The first-order valence-electron chi connectivity index (χ1n) is 20.6. The number of aliphatic hydroxyl groups excluding tert-OH is 5. The Morgan fingerprint density at radius 2 is 1.48 bits per heavy atom. The smallest absolute Gasteiger partial charge is 0.407 e. The highest BCUT2D eigenvalue weighted by atomic mass is 16.6. The van der Waals surface area contributed by atoms with Gasteiger partial charge in [0.2, 0.25) is 11.8 Å². The van der Waals surface area contributed by atoms with E-state index in [4.69, 9.17) is 19.3 Å². The second-order valence-electron chi connectivity index (χ2n) is 15.4. The number of aromatic nitrogens is 3.